The van der Waals surface area contributed by atoms with E-state index in [9.17, 15) is 9.59 Å². The first-order valence-electron chi connectivity index (χ1n) is 14.6. The van der Waals surface area contributed by atoms with Crippen LogP contribution in [0.3, 0.4) is 0 Å². The van der Waals surface area contributed by atoms with Gasteiger partial charge in [-0.1, -0.05) is 20.4 Å². The summed E-state index contributed by atoms with van der Waals surface area (Å²) in [6.07, 6.45) is 6.23. The molecule has 0 aliphatic heterocycles. The number of nitrogens with one attached hydrogen (secondary N) is 4. The maximum atomic E-state index is 15.2. The lowest BCUT2D eigenvalue weighted by molar-refractivity contribution is -0.124. The van der Waals surface area contributed by atoms with Crippen LogP contribution in [-0.4, -0.2) is 60.8 Å². The Balaban J connectivity index is 1.40. The number of amides is 2. The molecule has 2 amide bonds. The van der Waals surface area contributed by atoms with Crippen molar-refractivity contribution in [2.75, 3.05) is 32.1 Å². The third-order valence-corrected chi connectivity index (χ3v) is 7.35. The van der Waals surface area contributed by atoms with E-state index < -0.39 is 0 Å². The quantitative estimate of drug-likeness (QED) is 0.129. The van der Waals surface area contributed by atoms with Crippen LogP contribution in [0, 0.1) is 18.7 Å². The molecule has 0 radical (unpaired) electrons. The van der Waals surface area contributed by atoms with Gasteiger partial charge < -0.3 is 26.0 Å². The van der Waals surface area contributed by atoms with Crippen molar-refractivity contribution < 1.29 is 18.7 Å². The minimum atomic E-state index is -0.370. The van der Waals surface area contributed by atoms with Crippen LogP contribution < -0.4 is 26.0 Å². The number of fused-ring (bicyclic) bond motifs is 1. The van der Waals surface area contributed by atoms with E-state index in [1.807, 2.05) is 33.8 Å². The molecule has 0 spiro atoms. The van der Waals surface area contributed by atoms with E-state index >= 15 is 4.39 Å². The fourth-order valence-corrected chi connectivity index (χ4v) is 4.81. The predicted molar refractivity (Wildman–Crippen MR) is 174 cm³/mol. The number of anilines is 2. The van der Waals surface area contributed by atoms with Crippen molar-refractivity contribution in [2.24, 2.45) is 5.92 Å². The van der Waals surface area contributed by atoms with Crippen molar-refractivity contribution in [3.63, 3.8) is 0 Å². The predicted octanol–water partition coefficient (Wildman–Crippen LogP) is 3.72. The third kappa shape index (κ3) is 7.37. The van der Waals surface area contributed by atoms with Gasteiger partial charge >= 0.3 is 0 Å². The summed E-state index contributed by atoms with van der Waals surface area (Å²) in [5.41, 5.74) is 4.97. The van der Waals surface area contributed by atoms with Crippen LogP contribution in [0.2, 0.25) is 0 Å². The summed E-state index contributed by atoms with van der Waals surface area (Å²) < 4.78 is 22.2. The highest BCUT2D eigenvalue weighted by Gasteiger charge is 2.18. The number of aryl methyl sites for hydroxylation is 1. The molecule has 44 heavy (non-hydrogen) atoms. The van der Waals surface area contributed by atoms with Crippen LogP contribution >= 0.6 is 0 Å². The lowest BCUT2D eigenvalue weighted by Gasteiger charge is -2.14. The highest BCUT2D eigenvalue weighted by atomic mass is 19.1. The van der Waals surface area contributed by atoms with Gasteiger partial charge in [0.2, 0.25) is 5.91 Å². The van der Waals surface area contributed by atoms with E-state index in [0.29, 0.717) is 72.1 Å². The Labute approximate surface area is 257 Å². The minimum absolute atomic E-state index is 0.0406. The van der Waals surface area contributed by atoms with E-state index in [1.165, 1.54) is 7.11 Å². The van der Waals surface area contributed by atoms with E-state index in [-0.39, 0.29) is 23.5 Å². The van der Waals surface area contributed by atoms with Gasteiger partial charge in [0.25, 0.3) is 5.91 Å². The maximum absolute atomic E-state index is 15.2. The number of hydrogen-bond acceptors (Lipinski definition) is 7. The van der Waals surface area contributed by atoms with Crippen LogP contribution in [0.25, 0.3) is 16.9 Å². The smallest absolute Gasteiger partial charge is 0.251 e. The molecule has 0 aliphatic carbocycles. The van der Waals surface area contributed by atoms with Crippen LogP contribution in [0.4, 0.5) is 15.9 Å². The van der Waals surface area contributed by atoms with Crippen LogP contribution in [0.1, 0.15) is 41.8 Å². The van der Waals surface area contributed by atoms with E-state index in [0.717, 1.165) is 16.8 Å². The minimum Gasteiger partial charge on any atom is -0.496 e. The third-order valence-electron chi connectivity index (χ3n) is 7.35. The summed E-state index contributed by atoms with van der Waals surface area (Å²) in [6, 6.07) is 8.92. The van der Waals surface area contributed by atoms with Gasteiger partial charge in [-0.05, 0) is 61.3 Å². The summed E-state index contributed by atoms with van der Waals surface area (Å²) in [7, 11) is 3.36. The molecule has 1 atom stereocenters. The Morgan fingerprint density at radius 1 is 1.14 bits per heavy atom. The number of nitrogens with zero attached hydrogens (tertiary/aromatic N) is 3. The standard InChI is InChI=1S/C32H39BFN7O3/c1-6-22-16-23(8-9-24(22)32(43)37-13-7-12-36-31(42)19(2)17-38-21(4)33)40-29-30-39-18-26(41(30)15-14-35-29)25-10-11-27(44-5)20(3)28(25)34/h8-11,14-16,18-19,38H,4,6-7,12-13,17,33H2,1-3,5H3,(H,35,40)(H,36,42)(H,37,43). The summed E-state index contributed by atoms with van der Waals surface area (Å²) in [5, 5.41) is 12.2. The van der Waals surface area contributed by atoms with Crippen LogP contribution in [0.5, 0.6) is 5.75 Å². The molecule has 0 fully saturated rings. The Morgan fingerprint density at radius 2 is 1.91 bits per heavy atom. The second-order valence-corrected chi connectivity index (χ2v) is 10.7. The molecule has 4 rings (SSSR count). The van der Waals surface area contributed by atoms with Gasteiger partial charge in [-0.25, -0.2) is 14.4 Å². The molecular weight excluding hydrogens is 560 g/mol. The number of carbonyl (C=O) groups is 2. The molecule has 1 unspecified atom stereocenters. The first-order chi connectivity index (χ1) is 21.1. The molecule has 4 N–H and O–H groups in total. The van der Waals surface area contributed by atoms with Crippen molar-refractivity contribution in [2.45, 2.75) is 33.6 Å². The zero-order valence-electron chi connectivity index (χ0n) is 25.9. The molecule has 230 valence electrons. The number of ether oxygens (including phenoxy) is 1. The Kier molecular flexibility index (Phi) is 10.6. The molecule has 12 heteroatoms. The number of carbonyl (C=O) groups excluding carboxylic acids is 2. The number of halogens is 1. The summed E-state index contributed by atoms with van der Waals surface area (Å²) >= 11 is 0. The van der Waals surface area contributed by atoms with Gasteiger partial charge in [0.1, 0.15) is 11.6 Å². The molecule has 2 heterocycles. The number of methoxy groups -OCH3 is 1. The molecule has 2 aromatic heterocycles. The molecule has 0 aliphatic rings. The monoisotopic (exact) mass is 599 g/mol. The van der Waals surface area contributed by atoms with Crippen LogP contribution in [-0.2, 0) is 11.2 Å². The topological polar surface area (TPSA) is 122 Å². The average molecular weight is 600 g/mol. The highest BCUT2D eigenvalue weighted by molar-refractivity contribution is 6.20. The van der Waals surface area contributed by atoms with Gasteiger partial charge in [-0.3, -0.25) is 14.0 Å². The zero-order chi connectivity index (χ0) is 31.8. The number of rotatable bonds is 14. The first-order valence-corrected chi connectivity index (χ1v) is 14.6. The van der Waals surface area contributed by atoms with Gasteiger partial charge in [-0.2, -0.15) is 0 Å². The first kappa shape index (κ1) is 32.1. The van der Waals surface area contributed by atoms with Gasteiger partial charge in [0.05, 0.1) is 24.9 Å². The Bertz CT molecular complexity index is 1670. The van der Waals surface area contributed by atoms with Gasteiger partial charge in [0, 0.05) is 54.4 Å². The molecule has 2 aromatic carbocycles. The maximum Gasteiger partial charge on any atom is 0.251 e. The Hall–Kier alpha value is -4.87. The Morgan fingerprint density at radius 3 is 2.64 bits per heavy atom. The largest absolute Gasteiger partial charge is 0.496 e. The van der Waals surface area contributed by atoms with Crippen molar-refractivity contribution in [3.05, 3.63) is 83.6 Å². The summed E-state index contributed by atoms with van der Waals surface area (Å²) in [5.74, 6) is 0.212. The number of benzene rings is 2. The second-order valence-electron chi connectivity index (χ2n) is 10.7. The summed E-state index contributed by atoms with van der Waals surface area (Å²) in [6.45, 7) is 10.7. The molecule has 0 saturated heterocycles. The highest BCUT2D eigenvalue weighted by Crippen LogP contribution is 2.32. The number of aromatic nitrogens is 3. The summed E-state index contributed by atoms with van der Waals surface area (Å²) in [4.78, 5) is 34.1. The lowest BCUT2D eigenvalue weighted by Crippen LogP contribution is -2.36. The van der Waals surface area contributed by atoms with Crippen molar-refractivity contribution in [1.29, 1.82) is 0 Å². The van der Waals surface area contributed by atoms with Crippen LogP contribution in [0.15, 0.2) is 61.1 Å². The van der Waals surface area contributed by atoms with E-state index in [4.69, 9.17) is 4.74 Å². The average Bonchev–Trinajstić information content (AvgIpc) is 3.45. The number of imidazole rings is 1. The van der Waals surface area contributed by atoms with Crippen molar-refractivity contribution >= 4 is 36.8 Å². The lowest BCUT2D eigenvalue weighted by atomic mass is 10.0. The molecule has 0 saturated carbocycles. The molecule has 10 nitrogen and oxygen atoms in total. The zero-order valence-corrected chi connectivity index (χ0v) is 25.9. The van der Waals surface area contributed by atoms with Crippen molar-refractivity contribution in [3.8, 4) is 17.0 Å². The fourth-order valence-electron chi connectivity index (χ4n) is 4.81. The second kappa shape index (κ2) is 14.5. The van der Waals surface area contributed by atoms with Gasteiger partial charge in [0.15, 0.2) is 19.3 Å². The normalized spacial score (nSPS) is 11.6. The van der Waals surface area contributed by atoms with Gasteiger partial charge in [-0.15, -0.1) is 0 Å². The molecule has 0 bridgehead atoms. The number of hydrogen-bond donors (Lipinski definition) is 4. The van der Waals surface area contributed by atoms with E-state index in [1.54, 1.807) is 48.1 Å². The van der Waals surface area contributed by atoms with Crippen molar-refractivity contribution in [1.82, 2.24) is 30.3 Å². The fraction of sp³-hybridized carbons (Fsp3) is 0.312. The molecular formula is C32H39BFN7O3. The SMILES string of the molecule is BC(=C)NCC(C)C(=O)NCCCNC(=O)c1ccc(Nc2nccn3c(-c4ccc(OC)c(C)c4F)cnc23)cc1CC. The molecule has 4 aromatic rings. The van der Waals surface area contributed by atoms with E-state index in [2.05, 4.69) is 37.8 Å².